The normalized spacial score (nSPS) is 16.9. The van der Waals surface area contributed by atoms with Crippen molar-refractivity contribution in [1.29, 1.82) is 0 Å². The molecular weight excluding hydrogens is 278 g/mol. The van der Waals surface area contributed by atoms with E-state index in [1.54, 1.807) is 0 Å². The van der Waals surface area contributed by atoms with Crippen molar-refractivity contribution in [3.8, 4) is 0 Å². The largest absolute Gasteiger partial charge is 0.398 e. The van der Waals surface area contributed by atoms with Crippen LogP contribution in [-0.2, 0) is 10.0 Å². The van der Waals surface area contributed by atoms with E-state index in [4.69, 9.17) is 11.5 Å². The van der Waals surface area contributed by atoms with Crippen LogP contribution in [0.15, 0.2) is 23.1 Å². The van der Waals surface area contributed by atoms with Gasteiger partial charge in [-0.2, -0.15) is 0 Å². The molecule has 6 nitrogen and oxygen atoms in total. The maximum absolute atomic E-state index is 12.2. The molecule has 5 N–H and O–H groups in total. The number of hydrogen-bond donors (Lipinski definition) is 3. The number of rotatable bonds is 6. The Hall–Kier alpha value is -1.60. The zero-order chi connectivity index (χ0) is 15.0. The van der Waals surface area contributed by atoms with Crippen LogP contribution in [0, 0.1) is 5.41 Å². The van der Waals surface area contributed by atoms with Crippen molar-refractivity contribution in [2.24, 2.45) is 11.1 Å². The number of carbonyl (C=O) groups is 1. The second-order valence-corrected chi connectivity index (χ2v) is 7.03. The molecule has 0 bridgehead atoms. The summed E-state index contributed by atoms with van der Waals surface area (Å²) in [6, 6.07) is 3.95. The molecule has 1 fully saturated rings. The minimum absolute atomic E-state index is 0.0191. The Balaban J connectivity index is 2.19. The van der Waals surface area contributed by atoms with Gasteiger partial charge in [0.1, 0.15) is 4.90 Å². The number of carbonyl (C=O) groups excluding carboxylic acids is 1. The van der Waals surface area contributed by atoms with E-state index in [0.717, 1.165) is 19.3 Å². The fourth-order valence-electron chi connectivity index (χ4n) is 2.10. The van der Waals surface area contributed by atoms with E-state index < -0.39 is 15.9 Å². The van der Waals surface area contributed by atoms with Crippen molar-refractivity contribution in [2.45, 2.75) is 31.1 Å². The van der Waals surface area contributed by atoms with Gasteiger partial charge in [-0.15, -0.1) is 0 Å². The summed E-state index contributed by atoms with van der Waals surface area (Å²) in [5.41, 5.74) is 11.1. The molecular formula is C13H19N3O3S. The van der Waals surface area contributed by atoms with Gasteiger partial charge in [0.2, 0.25) is 15.9 Å². The van der Waals surface area contributed by atoms with Crippen LogP contribution in [-0.4, -0.2) is 20.9 Å². The van der Waals surface area contributed by atoms with Gasteiger partial charge in [0.25, 0.3) is 0 Å². The van der Waals surface area contributed by atoms with Crippen LogP contribution in [0.2, 0.25) is 0 Å². The molecule has 0 unspecified atom stereocenters. The van der Waals surface area contributed by atoms with Gasteiger partial charge in [-0.3, -0.25) is 4.79 Å². The van der Waals surface area contributed by atoms with Gasteiger partial charge in [-0.25, -0.2) is 13.1 Å². The van der Waals surface area contributed by atoms with Crippen molar-refractivity contribution < 1.29 is 13.2 Å². The molecule has 0 radical (unpaired) electrons. The SMILES string of the molecule is CCC1(CNS(=O)(=O)c2ccc(C(N)=O)cc2N)CC1. The number of hydrogen-bond acceptors (Lipinski definition) is 4. The predicted molar refractivity (Wildman–Crippen MR) is 76.5 cm³/mol. The number of amides is 1. The standard InChI is InChI=1S/C13H19N3O3S/c1-2-13(5-6-13)8-16-20(18,19)11-4-3-9(12(15)17)7-10(11)14/h3-4,7,16H,2,5-6,8,14H2,1H3,(H2,15,17). The van der Waals surface area contributed by atoms with Crippen LogP contribution in [0.25, 0.3) is 0 Å². The second kappa shape index (κ2) is 5.06. The minimum atomic E-state index is -3.66. The minimum Gasteiger partial charge on any atom is -0.398 e. The third kappa shape index (κ3) is 2.94. The van der Waals surface area contributed by atoms with Gasteiger partial charge >= 0.3 is 0 Å². The predicted octanol–water partition coefficient (Wildman–Crippen LogP) is 0.836. The highest BCUT2D eigenvalue weighted by atomic mass is 32.2. The van der Waals surface area contributed by atoms with E-state index in [0.29, 0.717) is 6.54 Å². The first-order chi connectivity index (χ1) is 9.30. The fraction of sp³-hybridized carbons (Fsp3) is 0.462. The first kappa shape index (κ1) is 14.8. The van der Waals surface area contributed by atoms with Gasteiger partial charge in [-0.1, -0.05) is 6.92 Å². The maximum atomic E-state index is 12.2. The smallest absolute Gasteiger partial charge is 0.248 e. The lowest BCUT2D eigenvalue weighted by atomic mass is 10.1. The van der Waals surface area contributed by atoms with Gasteiger partial charge in [0.05, 0.1) is 5.69 Å². The van der Waals surface area contributed by atoms with E-state index in [9.17, 15) is 13.2 Å². The van der Waals surface area contributed by atoms with Gasteiger partial charge in [0.15, 0.2) is 0 Å². The van der Waals surface area contributed by atoms with Gasteiger partial charge < -0.3 is 11.5 Å². The zero-order valence-corrected chi connectivity index (χ0v) is 12.2. The molecule has 2 rings (SSSR count). The summed E-state index contributed by atoms with van der Waals surface area (Å²) in [5, 5.41) is 0. The van der Waals surface area contributed by atoms with E-state index >= 15 is 0 Å². The number of sulfonamides is 1. The summed E-state index contributed by atoms with van der Waals surface area (Å²) in [4.78, 5) is 11.0. The van der Waals surface area contributed by atoms with Crippen LogP contribution in [0.4, 0.5) is 5.69 Å². The Morgan fingerprint density at radius 2 is 2.05 bits per heavy atom. The average Bonchev–Trinajstić information content (AvgIpc) is 3.17. The van der Waals surface area contributed by atoms with Crippen molar-refractivity contribution in [3.05, 3.63) is 23.8 Å². The monoisotopic (exact) mass is 297 g/mol. The fourth-order valence-corrected chi connectivity index (χ4v) is 3.37. The first-order valence-corrected chi connectivity index (χ1v) is 7.97. The quantitative estimate of drug-likeness (QED) is 0.675. The number of anilines is 1. The number of benzene rings is 1. The van der Waals surface area contributed by atoms with Crippen molar-refractivity contribution in [1.82, 2.24) is 4.72 Å². The van der Waals surface area contributed by atoms with Crippen molar-refractivity contribution in [2.75, 3.05) is 12.3 Å². The molecule has 7 heteroatoms. The van der Waals surface area contributed by atoms with Crippen LogP contribution in [0.1, 0.15) is 36.5 Å². The Morgan fingerprint density at radius 3 is 2.50 bits per heavy atom. The lowest BCUT2D eigenvalue weighted by Crippen LogP contribution is -2.30. The Bertz CT molecular complexity index is 636. The van der Waals surface area contributed by atoms with Crippen molar-refractivity contribution in [3.63, 3.8) is 0 Å². The number of nitrogens with two attached hydrogens (primary N) is 2. The van der Waals surface area contributed by atoms with E-state index in [1.165, 1.54) is 18.2 Å². The summed E-state index contributed by atoms with van der Waals surface area (Å²) in [7, 11) is -3.66. The molecule has 1 saturated carbocycles. The summed E-state index contributed by atoms with van der Waals surface area (Å²) >= 11 is 0. The lowest BCUT2D eigenvalue weighted by molar-refractivity contribution is 0.1000. The van der Waals surface area contributed by atoms with Gasteiger partial charge in [0, 0.05) is 12.1 Å². The molecule has 1 aromatic carbocycles. The van der Waals surface area contributed by atoms with E-state index in [1.807, 2.05) is 0 Å². The topological polar surface area (TPSA) is 115 Å². The van der Waals surface area contributed by atoms with E-state index in [2.05, 4.69) is 11.6 Å². The second-order valence-electron chi connectivity index (χ2n) is 5.29. The van der Waals surface area contributed by atoms with Gasteiger partial charge in [-0.05, 0) is 42.9 Å². The maximum Gasteiger partial charge on any atom is 0.248 e. The molecule has 0 atom stereocenters. The first-order valence-electron chi connectivity index (χ1n) is 6.49. The Morgan fingerprint density at radius 1 is 1.40 bits per heavy atom. The van der Waals surface area contributed by atoms with Crippen LogP contribution >= 0.6 is 0 Å². The van der Waals surface area contributed by atoms with Crippen LogP contribution in [0.3, 0.4) is 0 Å². The molecule has 20 heavy (non-hydrogen) atoms. The highest BCUT2D eigenvalue weighted by Crippen LogP contribution is 2.48. The molecule has 1 aliphatic rings. The highest BCUT2D eigenvalue weighted by Gasteiger charge is 2.41. The van der Waals surface area contributed by atoms with Crippen molar-refractivity contribution >= 4 is 21.6 Å². The number of nitrogens with one attached hydrogen (secondary N) is 1. The molecule has 0 aliphatic heterocycles. The molecule has 1 aliphatic carbocycles. The van der Waals surface area contributed by atoms with Crippen LogP contribution < -0.4 is 16.2 Å². The van der Waals surface area contributed by atoms with E-state index in [-0.39, 0.29) is 21.6 Å². The molecule has 110 valence electrons. The zero-order valence-electron chi connectivity index (χ0n) is 11.3. The molecule has 0 saturated heterocycles. The average molecular weight is 297 g/mol. The molecule has 0 heterocycles. The summed E-state index contributed by atoms with van der Waals surface area (Å²) < 4.78 is 27.0. The van der Waals surface area contributed by atoms with Crippen LogP contribution in [0.5, 0.6) is 0 Å². The molecule has 1 aromatic rings. The highest BCUT2D eigenvalue weighted by molar-refractivity contribution is 7.89. The molecule has 1 amide bonds. The summed E-state index contributed by atoms with van der Waals surface area (Å²) in [6.07, 6.45) is 3.04. The molecule has 0 aromatic heterocycles. The number of primary amides is 1. The summed E-state index contributed by atoms with van der Waals surface area (Å²) in [5.74, 6) is -0.642. The summed E-state index contributed by atoms with van der Waals surface area (Å²) in [6.45, 7) is 2.47. The third-order valence-electron chi connectivity index (χ3n) is 3.93. The third-order valence-corrected chi connectivity index (χ3v) is 5.40. The lowest BCUT2D eigenvalue weighted by Gasteiger charge is -2.15. The molecule has 0 spiro atoms. The number of nitrogen functional groups attached to an aromatic ring is 1. The Kier molecular flexibility index (Phi) is 3.75. The Labute approximate surface area is 118 Å².